The predicted molar refractivity (Wildman–Crippen MR) is 131 cm³/mol. The van der Waals surface area contributed by atoms with Crippen LogP contribution in [0, 0.1) is 29.1 Å². The van der Waals surface area contributed by atoms with Crippen molar-refractivity contribution in [2.75, 3.05) is 0 Å². The van der Waals surface area contributed by atoms with Gasteiger partial charge in [-0.15, -0.1) is 0 Å². The molecule has 1 aliphatic rings. The van der Waals surface area contributed by atoms with E-state index in [0.717, 1.165) is 36.8 Å². The minimum atomic E-state index is 0.455. The summed E-state index contributed by atoms with van der Waals surface area (Å²) in [4.78, 5) is 0. The Kier molecular flexibility index (Phi) is 9.24. The second-order valence-electron chi connectivity index (χ2n) is 9.07. The lowest BCUT2D eigenvalue weighted by Gasteiger charge is -2.26. The summed E-state index contributed by atoms with van der Waals surface area (Å²) in [6.45, 7) is 4.45. The Labute approximate surface area is 189 Å². The molecule has 2 aromatic carbocycles. The number of rotatable bonds is 8. The van der Waals surface area contributed by atoms with Gasteiger partial charge >= 0.3 is 0 Å². The quantitative estimate of drug-likeness (QED) is 0.319. The van der Waals surface area contributed by atoms with E-state index in [1.807, 2.05) is 0 Å². The Morgan fingerprint density at radius 1 is 0.806 bits per heavy atom. The summed E-state index contributed by atoms with van der Waals surface area (Å²) in [5, 5.41) is 9.60. The molecule has 0 aromatic heterocycles. The van der Waals surface area contributed by atoms with Crippen LogP contribution in [0.1, 0.15) is 105 Å². The van der Waals surface area contributed by atoms with E-state index in [2.05, 4.69) is 74.2 Å². The smallest absolute Gasteiger partial charge is 0.100 e. The highest BCUT2D eigenvalue weighted by atomic mass is 14.3. The SMILES string of the molecule is CCCCCCCc1ccc(C#C[C@H]2CC[C@H](c3ccc(CC)cc3)CC2)c(C#N)c1. The normalized spacial score (nSPS) is 18.1. The van der Waals surface area contributed by atoms with Gasteiger partial charge in [0.15, 0.2) is 0 Å². The van der Waals surface area contributed by atoms with Gasteiger partial charge in [0.2, 0.25) is 0 Å². The zero-order valence-electron chi connectivity index (χ0n) is 19.4. The van der Waals surface area contributed by atoms with Crippen LogP contribution in [0.5, 0.6) is 0 Å². The van der Waals surface area contributed by atoms with E-state index in [4.69, 9.17) is 0 Å². The second kappa shape index (κ2) is 12.4. The Morgan fingerprint density at radius 3 is 2.19 bits per heavy atom. The van der Waals surface area contributed by atoms with Crippen LogP contribution in [-0.2, 0) is 12.8 Å². The number of hydrogen-bond donors (Lipinski definition) is 0. The van der Waals surface area contributed by atoms with Gasteiger partial charge in [0.25, 0.3) is 0 Å². The van der Waals surface area contributed by atoms with Gasteiger partial charge in [0.05, 0.1) is 5.56 Å². The van der Waals surface area contributed by atoms with Crippen LogP contribution in [0.3, 0.4) is 0 Å². The summed E-state index contributed by atoms with van der Waals surface area (Å²) in [6.07, 6.45) is 13.3. The minimum absolute atomic E-state index is 0.455. The average molecular weight is 412 g/mol. The van der Waals surface area contributed by atoms with Gasteiger partial charge in [-0.3, -0.25) is 0 Å². The molecule has 0 aliphatic heterocycles. The number of unbranched alkanes of at least 4 members (excludes halogenated alkanes) is 4. The van der Waals surface area contributed by atoms with Crippen molar-refractivity contribution in [2.24, 2.45) is 5.92 Å². The zero-order valence-corrected chi connectivity index (χ0v) is 19.4. The topological polar surface area (TPSA) is 23.8 Å². The van der Waals surface area contributed by atoms with Crippen molar-refractivity contribution in [1.29, 1.82) is 5.26 Å². The molecule has 162 valence electrons. The molecule has 1 saturated carbocycles. The van der Waals surface area contributed by atoms with Crippen molar-refractivity contribution in [3.05, 3.63) is 70.3 Å². The van der Waals surface area contributed by atoms with Gasteiger partial charge in [-0.05, 0) is 79.7 Å². The molecule has 1 fully saturated rings. The molecule has 0 spiro atoms. The number of aryl methyl sites for hydroxylation is 2. The van der Waals surface area contributed by atoms with E-state index >= 15 is 0 Å². The van der Waals surface area contributed by atoms with Crippen LogP contribution in [0.2, 0.25) is 0 Å². The Morgan fingerprint density at radius 2 is 1.52 bits per heavy atom. The van der Waals surface area contributed by atoms with E-state index < -0.39 is 0 Å². The number of hydrogen-bond acceptors (Lipinski definition) is 1. The molecule has 3 rings (SSSR count). The van der Waals surface area contributed by atoms with Crippen molar-refractivity contribution in [3.8, 4) is 17.9 Å². The van der Waals surface area contributed by atoms with Crippen LogP contribution < -0.4 is 0 Å². The van der Waals surface area contributed by atoms with E-state index in [1.54, 1.807) is 0 Å². The van der Waals surface area contributed by atoms with E-state index in [9.17, 15) is 5.26 Å². The summed E-state index contributed by atoms with van der Waals surface area (Å²) in [5.74, 6) is 7.96. The van der Waals surface area contributed by atoms with E-state index in [0.29, 0.717) is 11.8 Å². The van der Waals surface area contributed by atoms with Crippen LogP contribution >= 0.6 is 0 Å². The molecule has 1 heteroatoms. The fourth-order valence-electron chi connectivity index (χ4n) is 4.66. The first-order valence-corrected chi connectivity index (χ1v) is 12.4. The molecule has 0 radical (unpaired) electrons. The molecule has 1 aliphatic carbocycles. The fourth-order valence-corrected chi connectivity index (χ4v) is 4.66. The van der Waals surface area contributed by atoms with Crippen LogP contribution in [0.15, 0.2) is 42.5 Å². The van der Waals surface area contributed by atoms with Gasteiger partial charge in [0, 0.05) is 11.5 Å². The first kappa shape index (κ1) is 23.2. The zero-order chi connectivity index (χ0) is 21.9. The third-order valence-electron chi connectivity index (χ3n) is 6.77. The van der Waals surface area contributed by atoms with Gasteiger partial charge in [0.1, 0.15) is 6.07 Å². The first-order chi connectivity index (χ1) is 15.2. The standard InChI is InChI=1S/C30H37N/c1-3-5-6-7-8-9-26-15-21-29(30(22-26)23-31)20-14-25-12-18-28(19-13-25)27-16-10-24(4-2)11-17-27/h10-11,15-17,21-22,25,28H,3-9,12-13,18-19H2,1-2H3/t25-,28-. The number of nitriles is 1. The molecule has 0 N–H and O–H groups in total. The number of nitrogens with zero attached hydrogens (tertiary/aromatic N) is 1. The highest BCUT2D eigenvalue weighted by molar-refractivity contribution is 5.50. The van der Waals surface area contributed by atoms with Crippen LogP contribution in [-0.4, -0.2) is 0 Å². The highest BCUT2D eigenvalue weighted by Crippen LogP contribution is 2.35. The van der Waals surface area contributed by atoms with Gasteiger partial charge in [-0.2, -0.15) is 5.26 Å². The molecule has 0 amide bonds. The lowest BCUT2D eigenvalue weighted by Crippen LogP contribution is -2.12. The second-order valence-corrected chi connectivity index (χ2v) is 9.07. The van der Waals surface area contributed by atoms with Gasteiger partial charge in [-0.25, -0.2) is 0 Å². The van der Waals surface area contributed by atoms with Crippen molar-refractivity contribution in [2.45, 2.75) is 90.4 Å². The van der Waals surface area contributed by atoms with E-state index in [1.165, 1.54) is 61.6 Å². The molecule has 1 nitrogen and oxygen atoms in total. The molecular formula is C30H37N. The Bertz CT molecular complexity index is 912. The summed E-state index contributed by atoms with van der Waals surface area (Å²) in [7, 11) is 0. The fraction of sp³-hybridized carbons (Fsp3) is 0.500. The molecule has 0 bridgehead atoms. The number of benzene rings is 2. The lowest BCUT2D eigenvalue weighted by molar-refractivity contribution is 0.384. The highest BCUT2D eigenvalue weighted by Gasteiger charge is 2.21. The molecule has 0 heterocycles. The van der Waals surface area contributed by atoms with Gasteiger partial charge in [-0.1, -0.05) is 81.7 Å². The Balaban J connectivity index is 1.53. The van der Waals surface area contributed by atoms with Gasteiger partial charge < -0.3 is 0 Å². The summed E-state index contributed by atoms with van der Waals surface area (Å²) < 4.78 is 0. The molecule has 0 atom stereocenters. The third-order valence-corrected chi connectivity index (χ3v) is 6.77. The maximum atomic E-state index is 9.60. The van der Waals surface area contributed by atoms with Crippen molar-refractivity contribution >= 4 is 0 Å². The van der Waals surface area contributed by atoms with Crippen molar-refractivity contribution in [3.63, 3.8) is 0 Å². The molecular weight excluding hydrogens is 374 g/mol. The largest absolute Gasteiger partial charge is 0.192 e. The summed E-state index contributed by atoms with van der Waals surface area (Å²) >= 11 is 0. The average Bonchev–Trinajstić information content (AvgIpc) is 2.83. The summed E-state index contributed by atoms with van der Waals surface area (Å²) in [5.41, 5.74) is 5.81. The molecule has 31 heavy (non-hydrogen) atoms. The predicted octanol–water partition coefficient (Wildman–Crippen LogP) is 7.96. The van der Waals surface area contributed by atoms with E-state index in [-0.39, 0.29) is 0 Å². The third kappa shape index (κ3) is 7.01. The molecule has 0 unspecified atom stereocenters. The maximum Gasteiger partial charge on any atom is 0.100 e. The summed E-state index contributed by atoms with van der Waals surface area (Å²) in [6, 6.07) is 17.9. The minimum Gasteiger partial charge on any atom is -0.192 e. The Hall–Kier alpha value is -2.51. The van der Waals surface area contributed by atoms with Crippen molar-refractivity contribution < 1.29 is 0 Å². The molecule has 0 saturated heterocycles. The lowest BCUT2D eigenvalue weighted by atomic mass is 9.78. The van der Waals surface area contributed by atoms with Crippen molar-refractivity contribution in [1.82, 2.24) is 0 Å². The maximum absolute atomic E-state index is 9.60. The molecule has 2 aromatic rings. The van der Waals surface area contributed by atoms with Crippen LogP contribution in [0.4, 0.5) is 0 Å². The van der Waals surface area contributed by atoms with Crippen LogP contribution in [0.25, 0.3) is 0 Å². The first-order valence-electron chi connectivity index (χ1n) is 12.4. The monoisotopic (exact) mass is 411 g/mol.